The molecular formula is C30H37ClN2O5S. The zero-order valence-electron chi connectivity index (χ0n) is 22.4. The molecule has 3 aromatic carbocycles. The molecule has 0 bridgehead atoms. The number of hydrogen-bond acceptors (Lipinski definition) is 5. The van der Waals surface area contributed by atoms with Gasteiger partial charge >= 0.3 is 6.09 Å². The number of aliphatic hydroxyl groups is 1. The number of halogens is 1. The predicted octanol–water partition coefficient (Wildman–Crippen LogP) is 5.42. The maximum atomic E-state index is 13.5. The van der Waals surface area contributed by atoms with Gasteiger partial charge in [-0.25, -0.2) is 13.2 Å². The average molecular weight is 573 g/mol. The number of carbonyl (C=O) groups is 1. The second kappa shape index (κ2) is 15.0. The van der Waals surface area contributed by atoms with Crippen molar-refractivity contribution in [3.8, 4) is 0 Å². The number of amides is 1. The summed E-state index contributed by atoms with van der Waals surface area (Å²) in [7, 11) is -3.82. The highest BCUT2D eigenvalue weighted by atomic mass is 35.5. The van der Waals surface area contributed by atoms with E-state index >= 15 is 0 Å². The number of carbonyl (C=O) groups excluding carboxylic acids is 1. The van der Waals surface area contributed by atoms with E-state index in [-0.39, 0.29) is 31.4 Å². The fraction of sp³-hybridized carbons (Fsp3) is 0.367. The van der Waals surface area contributed by atoms with Crippen molar-refractivity contribution in [1.82, 2.24) is 9.62 Å². The molecule has 210 valence electrons. The van der Waals surface area contributed by atoms with E-state index in [0.29, 0.717) is 23.4 Å². The van der Waals surface area contributed by atoms with Crippen molar-refractivity contribution in [3.63, 3.8) is 0 Å². The van der Waals surface area contributed by atoms with Crippen molar-refractivity contribution < 1.29 is 23.1 Å². The molecule has 0 spiro atoms. The molecule has 7 nitrogen and oxygen atoms in total. The van der Waals surface area contributed by atoms with Gasteiger partial charge in [0.05, 0.1) is 17.9 Å². The van der Waals surface area contributed by atoms with E-state index in [2.05, 4.69) is 5.32 Å². The van der Waals surface area contributed by atoms with Crippen LogP contribution >= 0.6 is 11.6 Å². The normalized spacial score (nSPS) is 13.3. The van der Waals surface area contributed by atoms with Crippen LogP contribution in [0.1, 0.15) is 37.0 Å². The highest BCUT2D eigenvalue weighted by molar-refractivity contribution is 7.88. The molecule has 2 atom stereocenters. The molecule has 2 N–H and O–H groups in total. The molecule has 0 heterocycles. The Morgan fingerprint density at radius 3 is 2.15 bits per heavy atom. The number of ether oxygens (including phenoxy) is 1. The van der Waals surface area contributed by atoms with Crippen molar-refractivity contribution in [2.45, 2.75) is 51.2 Å². The van der Waals surface area contributed by atoms with Gasteiger partial charge in [0.15, 0.2) is 0 Å². The Balaban J connectivity index is 1.77. The van der Waals surface area contributed by atoms with Gasteiger partial charge in [-0.3, -0.25) is 0 Å². The summed E-state index contributed by atoms with van der Waals surface area (Å²) in [4.78, 5) is 12.7. The van der Waals surface area contributed by atoms with Gasteiger partial charge in [-0.05, 0) is 41.5 Å². The first-order chi connectivity index (χ1) is 18.6. The molecule has 0 aromatic heterocycles. The number of benzene rings is 3. The fourth-order valence-electron chi connectivity index (χ4n) is 4.05. The smallest absolute Gasteiger partial charge is 0.407 e. The van der Waals surface area contributed by atoms with Crippen LogP contribution in [0.2, 0.25) is 5.02 Å². The van der Waals surface area contributed by atoms with Gasteiger partial charge in [-0.15, -0.1) is 0 Å². The lowest BCUT2D eigenvalue weighted by molar-refractivity contribution is 0.0882. The number of alkyl carbamates (subject to hydrolysis) is 1. The lowest BCUT2D eigenvalue weighted by Gasteiger charge is -2.30. The van der Waals surface area contributed by atoms with Gasteiger partial charge in [-0.2, -0.15) is 4.31 Å². The van der Waals surface area contributed by atoms with Crippen LogP contribution in [0, 0.1) is 5.92 Å². The number of sulfonamides is 1. The minimum absolute atomic E-state index is 0.0769. The van der Waals surface area contributed by atoms with E-state index in [1.54, 1.807) is 24.3 Å². The molecule has 0 aliphatic rings. The molecule has 0 saturated heterocycles. The van der Waals surface area contributed by atoms with Gasteiger partial charge < -0.3 is 15.2 Å². The van der Waals surface area contributed by atoms with E-state index in [9.17, 15) is 18.3 Å². The van der Waals surface area contributed by atoms with Crippen LogP contribution < -0.4 is 5.32 Å². The van der Waals surface area contributed by atoms with Crippen molar-refractivity contribution in [2.24, 2.45) is 5.92 Å². The van der Waals surface area contributed by atoms with Crippen molar-refractivity contribution in [3.05, 3.63) is 107 Å². The Morgan fingerprint density at radius 1 is 0.949 bits per heavy atom. The minimum Gasteiger partial charge on any atom is -0.445 e. The van der Waals surface area contributed by atoms with Crippen molar-refractivity contribution in [1.29, 1.82) is 0 Å². The lowest BCUT2D eigenvalue weighted by atomic mass is 10.0. The molecule has 3 aromatic rings. The first-order valence-corrected chi connectivity index (χ1v) is 15.0. The second-order valence-electron chi connectivity index (χ2n) is 9.96. The van der Waals surface area contributed by atoms with Crippen LogP contribution in [0.5, 0.6) is 0 Å². The Bertz CT molecular complexity index is 1270. The molecular weight excluding hydrogens is 536 g/mol. The summed E-state index contributed by atoms with van der Waals surface area (Å²) < 4.78 is 33.7. The van der Waals surface area contributed by atoms with Gasteiger partial charge in [0.1, 0.15) is 6.61 Å². The minimum atomic E-state index is -3.82. The SMILES string of the molecule is CC(C)CCN(C[C@@H](O)[C@H](Cc1ccccc1)NC(=O)OCc1ccccc1)S(=O)(=O)Cc1ccccc1Cl. The van der Waals surface area contributed by atoms with Crippen LogP contribution in [0.15, 0.2) is 84.9 Å². The largest absolute Gasteiger partial charge is 0.445 e. The summed E-state index contributed by atoms with van der Waals surface area (Å²) >= 11 is 6.25. The quantitative estimate of drug-likeness (QED) is 0.269. The van der Waals surface area contributed by atoms with Gasteiger partial charge in [0.2, 0.25) is 10.0 Å². The first kappa shape index (κ1) is 30.6. The van der Waals surface area contributed by atoms with Gasteiger partial charge in [0, 0.05) is 18.1 Å². The number of nitrogens with one attached hydrogen (secondary N) is 1. The second-order valence-corrected chi connectivity index (χ2v) is 12.3. The zero-order chi connectivity index (χ0) is 28.3. The van der Waals surface area contributed by atoms with E-state index in [1.165, 1.54) is 4.31 Å². The van der Waals surface area contributed by atoms with Crippen molar-refractivity contribution >= 4 is 27.7 Å². The maximum Gasteiger partial charge on any atom is 0.407 e. The van der Waals surface area contributed by atoms with Crippen LogP contribution in [-0.4, -0.2) is 49.2 Å². The molecule has 3 rings (SSSR count). The summed E-state index contributed by atoms with van der Waals surface area (Å²) in [6.07, 6.45) is -0.968. The third-order valence-electron chi connectivity index (χ3n) is 6.31. The molecule has 1 amide bonds. The summed E-state index contributed by atoms with van der Waals surface area (Å²) in [5, 5.41) is 14.5. The Hall–Kier alpha value is -2.91. The monoisotopic (exact) mass is 572 g/mol. The van der Waals surface area contributed by atoms with Crippen molar-refractivity contribution in [2.75, 3.05) is 13.1 Å². The predicted molar refractivity (Wildman–Crippen MR) is 155 cm³/mol. The average Bonchev–Trinajstić information content (AvgIpc) is 2.91. The molecule has 0 saturated carbocycles. The van der Waals surface area contributed by atoms with Crippen LogP contribution in [0.25, 0.3) is 0 Å². The molecule has 0 fully saturated rings. The Morgan fingerprint density at radius 2 is 1.54 bits per heavy atom. The third-order valence-corrected chi connectivity index (χ3v) is 8.48. The van der Waals surface area contributed by atoms with E-state index < -0.39 is 28.3 Å². The number of rotatable bonds is 14. The first-order valence-electron chi connectivity index (χ1n) is 13.0. The summed E-state index contributed by atoms with van der Waals surface area (Å²) in [6.45, 7) is 4.15. The summed E-state index contributed by atoms with van der Waals surface area (Å²) in [6, 6.07) is 24.7. The zero-order valence-corrected chi connectivity index (χ0v) is 23.9. The molecule has 0 aliphatic carbocycles. The molecule has 39 heavy (non-hydrogen) atoms. The molecule has 9 heteroatoms. The number of hydrogen-bond donors (Lipinski definition) is 2. The van der Waals surface area contributed by atoms with E-state index in [0.717, 1.165) is 11.1 Å². The van der Waals surface area contributed by atoms with E-state index in [1.807, 2.05) is 74.5 Å². The number of nitrogens with zero attached hydrogens (tertiary/aromatic N) is 1. The van der Waals surface area contributed by atoms with Crippen LogP contribution in [-0.2, 0) is 33.5 Å². The van der Waals surface area contributed by atoms with Gasteiger partial charge in [-0.1, -0.05) is 104 Å². The highest BCUT2D eigenvalue weighted by Gasteiger charge is 2.30. The molecule has 0 aliphatic heterocycles. The maximum absolute atomic E-state index is 13.5. The van der Waals surface area contributed by atoms with E-state index in [4.69, 9.17) is 16.3 Å². The Labute approximate surface area is 236 Å². The Kier molecular flexibility index (Phi) is 11.8. The molecule has 0 radical (unpaired) electrons. The standard InChI is InChI=1S/C30H37ClN2O5S/c1-23(2)17-18-33(39(36,37)22-26-15-9-10-16-27(26)31)20-29(34)28(19-24-11-5-3-6-12-24)32-30(35)38-21-25-13-7-4-8-14-25/h3-16,23,28-29,34H,17-22H2,1-2H3,(H,32,35)/t28-,29+/m0/s1. The van der Waals surface area contributed by atoms with Crippen LogP contribution in [0.4, 0.5) is 4.79 Å². The number of aliphatic hydroxyl groups excluding tert-OH is 1. The fourth-order valence-corrected chi connectivity index (χ4v) is 5.93. The topological polar surface area (TPSA) is 95.9 Å². The molecule has 0 unspecified atom stereocenters. The third kappa shape index (κ3) is 10.3. The van der Waals surface area contributed by atoms with Crippen LogP contribution in [0.3, 0.4) is 0 Å². The summed E-state index contributed by atoms with van der Waals surface area (Å²) in [5.74, 6) is -0.0284. The lowest BCUT2D eigenvalue weighted by Crippen LogP contribution is -2.51. The summed E-state index contributed by atoms with van der Waals surface area (Å²) in [5.41, 5.74) is 2.21. The highest BCUT2D eigenvalue weighted by Crippen LogP contribution is 2.21. The van der Waals surface area contributed by atoms with Gasteiger partial charge in [0.25, 0.3) is 0 Å².